The van der Waals surface area contributed by atoms with Crippen molar-refractivity contribution in [3.63, 3.8) is 0 Å². The van der Waals surface area contributed by atoms with Crippen LogP contribution in [-0.4, -0.2) is 38.2 Å². The fourth-order valence-corrected chi connectivity index (χ4v) is 3.18. The van der Waals surface area contributed by atoms with Crippen LogP contribution >= 0.6 is 11.3 Å². The van der Waals surface area contributed by atoms with Gasteiger partial charge in [-0.3, -0.25) is 19.4 Å². The minimum absolute atomic E-state index is 0.0227. The molecule has 0 bridgehead atoms. The number of nitrogens with zero attached hydrogens (tertiary/aromatic N) is 3. The van der Waals surface area contributed by atoms with Gasteiger partial charge in [0.05, 0.1) is 17.9 Å². The van der Waals surface area contributed by atoms with E-state index in [1.54, 1.807) is 19.9 Å². The van der Waals surface area contributed by atoms with Gasteiger partial charge in [0.25, 0.3) is 5.56 Å². The van der Waals surface area contributed by atoms with Crippen LogP contribution in [0.2, 0.25) is 0 Å². The fraction of sp³-hybridized carbons (Fsp3) is 0.278. The molecule has 3 rings (SSSR count). The molecule has 0 aromatic carbocycles. The molecule has 2 N–H and O–H groups in total. The number of aryl methyl sites for hydroxylation is 1. The van der Waals surface area contributed by atoms with Crippen molar-refractivity contribution in [2.24, 2.45) is 0 Å². The summed E-state index contributed by atoms with van der Waals surface area (Å²) in [5, 5.41) is 9.11. The molecule has 9 nitrogen and oxygen atoms in total. The Balaban J connectivity index is 1.89. The Morgan fingerprint density at radius 1 is 1.32 bits per heavy atom. The zero-order valence-corrected chi connectivity index (χ0v) is 16.2. The number of H-pyrrole nitrogens is 1. The first-order valence-corrected chi connectivity index (χ1v) is 9.52. The zero-order valence-electron chi connectivity index (χ0n) is 15.4. The highest BCUT2D eigenvalue weighted by atomic mass is 32.1. The zero-order chi connectivity index (χ0) is 20.1. The van der Waals surface area contributed by atoms with Gasteiger partial charge in [0.15, 0.2) is 0 Å². The molecule has 1 amide bonds. The van der Waals surface area contributed by atoms with Gasteiger partial charge in [-0.1, -0.05) is 6.07 Å². The van der Waals surface area contributed by atoms with Crippen molar-refractivity contribution in [3.05, 3.63) is 45.7 Å². The van der Waals surface area contributed by atoms with Crippen LogP contribution in [0.1, 0.15) is 25.5 Å². The third-order valence-corrected chi connectivity index (χ3v) is 4.56. The Labute approximate surface area is 164 Å². The maximum absolute atomic E-state index is 12.3. The van der Waals surface area contributed by atoms with Crippen LogP contribution in [0.3, 0.4) is 0 Å². The van der Waals surface area contributed by atoms with Gasteiger partial charge in [-0.15, -0.1) is 11.3 Å². The summed E-state index contributed by atoms with van der Waals surface area (Å²) in [5.41, 5.74) is 0.821. The van der Waals surface area contributed by atoms with Crippen LogP contribution in [0.4, 0.5) is 5.82 Å². The van der Waals surface area contributed by atoms with Crippen LogP contribution in [0.5, 0.6) is 0 Å². The number of nitrogens with one attached hydrogen (secondary N) is 2. The van der Waals surface area contributed by atoms with Gasteiger partial charge < -0.3 is 10.1 Å². The number of hydrogen-bond acceptors (Lipinski definition) is 7. The van der Waals surface area contributed by atoms with E-state index in [2.05, 4.69) is 20.4 Å². The van der Waals surface area contributed by atoms with Crippen molar-refractivity contribution < 1.29 is 14.3 Å². The van der Waals surface area contributed by atoms with E-state index in [0.29, 0.717) is 17.2 Å². The highest BCUT2D eigenvalue weighted by Crippen LogP contribution is 2.27. The predicted molar refractivity (Wildman–Crippen MR) is 105 cm³/mol. The number of ether oxygens (including phenoxy) is 1. The number of aromatic nitrogens is 4. The van der Waals surface area contributed by atoms with Gasteiger partial charge in [-0.2, -0.15) is 9.78 Å². The summed E-state index contributed by atoms with van der Waals surface area (Å²) in [4.78, 5) is 43.4. The van der Waals surface area contributed by atoms with Gasteiger partial charge in [0.2, 0.25) is 11.9 Å². The van der Waals surface area contributed by atoms with Crippen molar-refractivity contribution >= 4 is 29.0 Å². The first-order chi connectivity index (χ1) is 13.5. The van der Waals surface area contributed by atoms with Crippen LogP contribution in [0.25, 0.3) is 16.5 Å². The summed E-state index contributed by atoms with van der Waals surface area (Å²) in [6.45, 7) is 3.67. The number of carbonyl (C=O) groups excluding carboxylic acids is 2. The van der Waals surface area contributed by atoms with Gasteiger partial charge >= 0.3 is 5.97 Å². The van der Waals surface area contributed by atoms with Crippen molar-refractivity contribution in [1.29, 1.82) is 0 Å². The Hall–Kier alpha value is -3.27. The summed E-state index contributed by atoms with van der Waals surface area (Å²) in [7, 11) is 0. The number of thiophene rings is 1. The number of anilines is 1. The Kier molecular flexibility index (Phi) is 5.99. The Morgan fingerprint density at radius 2 is 2.14 bits per heavy atom. The lowest BCUT2D eigenvalue weighted by Gasteiger charge is -2.08. The molecule has 0 saturated heterocycles. The van der Waals surface area contributed by atoms with E-state index in [9.17, 15) is 14.4 Å². The Bertz CT molecular complexity index is 1040. The van der Waals surface area contributed by atoms with E-state index in [1.165, 1.54) is 22.1 Å². The summed E-state index contributed by atoms with van der Waals surface area (Å²) >= 11 is 1.50. The van der Waals surface area contributed by atoms with E-state index in [0.717, 1.165) is 4.88 Å². The smallest absolute Gasteiger partial charge is 0.306 e. The quantitative estimate of drug-likeness (QED) is 0.586. The largest absolute Gasteiger partial charge is 0.466 e. The fourth-order valence-electron chi connectivity index (χ4n) is 2.49. The molecule has 0 radical (unpaired) electrons. The van der Waals surface area contributed by atoms with Crippen molar-refractivity contribution in [2.75, 3.05) is 11.9 Å². The standard InChI is InChI=1S/C18H19N5O4S/c1-3-27-17(26)7-6-15(24)20-14-10-12(13-5-4-8-28-13)22-23(14)18-19-11(2)9-16(25)21-18/h4-5,8-10H,3,6-7H2,1-2H3,(H,20,24)(H,19,21,25). The minimum Gasteiger partial charge on any atom is -0.466 e. The van der Waals surface area contributed by atoms with Gasteiger partial charge in [0, 0.05) is 24.2 Å². The molecule has 0 spiro atoms. The number of esters is 1. The minimum atomic E-state index is -0.435. The lowest BCUT2D eigenvalue weighted by Crippen LogP contribution is -2.19. The topological polar surface area (TPSA) is 119 Å². The molecule has 0 fully saturated rings. The normalized spacial score (nSPS) is 10.6. The summed E-state index contributed by atoms with van der Waals surface area (Å²) in [5.74, 6) is -0.281. The van der Waals surface area contributed by atoms with Crippen LogP contribution in [0, 0.1) is 6.92 Å². The summed E-state index contributed by atoms with van der Waals surface area (Å²) in [6, 6.07) is 6.85. The third kappa shape index (κ3) is 4.71. The molecular weight excluding hydrogens is 382 g/mol. The predicted octanol–water partition coefficient (Wildman–Crippen LogP) is 2.27. The first kappa shape index (κ1) is 19.5. The van der Waals surface area contributed by atoms with E-state index in [4.69, 9.17) is 4.74 Å². The van der Waals surface area contributed by atoms with E-state index < -0.39 is 5.97 Å². The molecule has 0 aliphatic carbocycles. The van der Waals surface area contributed by atoms with E-state index >= 15 is 0 Å². The average Bonchev–Trinajstić information content (AvgIpc) is 3.29. The highest BCUT2D eigenvalue weighted by molar-refractivity contribution is 7.13. The van der Waals surface area contributed by atoms with Crippen molar-refractivity contribution in [1.82, 2.24) is 19.7 Å². The SMILES string of the molecule is CCOC(=O)CCC(=O)Nc1cc(-c2cccs2)nn1-c1nc(C)cc(=O)[nH]1. The second-order valence-electron chi connectivity index (χ2n) is 5.87. The molecule has 3 aromatic rings. The van der Waals surface area contributed by atoms with E-state index in [1.807, 2.05) is 17.5 Å². The lowest BCUT2D eigenvalue weighted by atomic mass is 10.3. The molecule has 0 atom stereocenters. The average molecular weight is 401 g/mol. The molecule has 0 unspecified atom stereocenters. The van der Waals surface area contributed by atoms with Crippen molar-refractivity contribution in [2.45, 2.75) is 26.7 Å². The highest BCUT2D eigenvalue weighted by Gasteiger charge is 2.17. The molecule has 0 saturated carbocycles. The number of amides is 1. The third-order valence-electron chi connectivity index (χ3n) is 3.67. The lowest BCUT2D eigenvalue weighted by molar-refractivity contribution is -0.144. The summed E-state index contributed by atoms with van der Waals surface area (Å²) < 4.78 is 6.20. The molecule has 0 aliphatic rings. The second kappa shape index (κ2) is 8.61. The molecular formula is C18H19N5O4S. The molecule has 3 aromatic heterocycles. The maximum Gasteiger partial charge on any atom is 0.306 e. The second-order valence-corrected chi connectivity index (χ2v) is 6.82. The monoisotopic (exact) mass is 401 g/mol. The molecule has 146 valence electrons. The molecule has 3 heterocycles. The number of hydrogen-bond donors (Lipinski definition) is 2. The van der Waals surface area contributed by atoms with Crippen LogP contribution in [-0.2, 0) is 14.3 Å². The molecule has 10 heteroatoms. The number of rotatable bonds is 7. The van der Waals surface area contributed by atoms with Crippen LogP contribution < -0.4 is 10.9 Å². The van der Waals surface area contributed by atoms with E-state index in [-0.39, 0.29) is 36.9 Å². The first-order valence-electron chi connectivity index (χ1n) is 8.64. The molecule has 0 aliphatic heterocycles. The van der Waals surface area contributed by atoms with Gasteiger partial charge in [-0.25, -0.2) is 4.98 Å². The molecule has 28 heavy (non-hydrogen) atoms. The summed E-state index contributed by atoms with van der Waals surface area (Å²) in [6.07, 6.45) is -0.0543. The maximum atomic E-state index is 12.3. The van der Waals surface area contributed by atoms with Gasteiger partial charge in [0.1, 0.15) is 11.5 Å². The van der Waals surface area contributed by atoms with Gasteiger partial charge in [-0.05, 0) is 25.3 Å². The van der Waals surface area contributed by atoms with Crippen LogP contribution in [0.15, 0.2) is 34.4 Å². The Morgan fingerprint density at radius 3 is 2.82 bits per heavy atom. The number of aromatic amines is 1. The van der Waals surface area contributed by atoms with Crippen molar-refractivity contribution in [3.8, 4) is 16.5 Å². The number of carbonyl (C=O) groups is 2.